The molecule has 2 nitrogen and oxygen atoms in total. The van der Waals surface area contributed by atoms with Crippen LogP contribution in [0.15, 0.2) is 35.5 Å². The molecule has 0 aromatic heterocycles. The summed E-state index contributed by atoms with van der Waals surface area (Å²) in [6.07, 6.45) is 9.77. The summed E-state index contributed by atoms with van der Waals surface area (Å²) in [5.74, 6) is 0.473. The van der Waals surface area contributed by atoms with Crippen LogP contribution in [-0.2, 0) is 4.79 Å². The molecule has 0 aliphatic heterocycles. The van der Waals surface area contributed by atoms with E-state index in [0.717, 1.165) is 19.4 Å². The summed E-state index contributed by atoms with van der Waals surface area (Å²) >= 11 is 0. The molecule has 0 atom stereocenters. The lowest BCUT2D eigenvalue weighted by Crippen LogP contribution is -2.25. The Morgan fingerprint density at radius 2 is 1.89 bits per heavy atom. The minimum absolute atomic E-state index is 0.0166. The third-order valence-electron chi connectivity index (χ3n) is 2.40. The van der Waals surface area contributed by atoms with Gasteiger partial charge in [0.2, 0.25) is 5.91 Å². The molecule has 0 aliphatic carbocycles. The molecule has 0 aromatic rings. The lowest BCUT2D eigenvalue weighted by atomic mass is 10.1. The first-order valence-corrected chi connectivity index (χ1v) is 6.67. The van der Waals surface area contributed by atoms with Gasteiger partial charge >= 0.3 is 0 Å². The average molecular weight is 249 g/mol. The van der Waals surface area contributed by atoms with Crippen molar-refractivity contribution >= 4 is 5.91 Å². The van der Waals surface area contributed by atoms with Crippen LogP contribution in [0.3, 0.4) is 0 Å². The lowest BCUT2D eigenvalue weighted by molar-refractivity contribution is -0.116. The van der Waals surface area contributed by atoms with E-state index in [1.54, 1.807) is 6.08 Å². The van der Waals surface area contributed by atoms with E-state index in [4.69, 9.17) is 0 Å². The van der Waals surface area contributed by atoms with Crippen LogP contribution in [0.4, 0.5) is 0 Å². The Hall–Kier alpha value is -1.31. The van der Waals surface area contributed by atoms with Crippen molar-refractivity contribution in [3.05, 3.63) is 35.5 Å². The first-order chi connectivity index (χ1) is 8.41. The molecular weight excluding hydrogens is 222 g/mol. The van der Waals surface area contributed by atoms with Gasteiger partial charge in [0.05, 0.1) is 0 Å². The molecule has 18 heavy (non-hydrogen) atoms. The number of rotatable bonds is 7. The third kappa shape index (κ3) is 11.2. The second-order valence-electron chi connectivity index (χ2n) is 5.33. The predicted octanol–water partition coefficient (Wildman–Crippen LogP) is 4.01. The zero-order chi connectivity index (χ0) is 14.0. The van der Waals surface area contributed by atoms with Crippen LogP contribution in [0.5, 0.6) is 0 Å². The van der Waals surface area contributed by atoms with Crippen molar-refractivity contribution in [1.82, 2.24) is 5.32 Å². The van der Waals surface area contributed by atoms with Crippen molar-refractivity contribution in [2.75, 3.05) is 6.54 Å². The van der Waals surface area contributed by atoms with Gasteiger partial charge in [0.25, 0.3) is 0 Å². The highest BCUT2D eigenvalue weighted by Gasteiger charge is 1.96. The molecule has 1 amide bonds. The van der Waals surface area contributed by atoms with Crippen LogP contribution < -0.4 is 5.32 Å². The van der Waals surface area contributed by atoms with E-state index in [0.29, 0.717) is 5.92 Å². The number of hydrogen-bond acceptors (Lipinski definition) is 1. The van der Waals surface area contributed by atoms with Crippen molar-refractivity contribution < 1.29 is 4.79 Å². The Morgan fingerprint density at radius 1 is 1.22 bits per heavy atom. The Balaban J connectivity index is 3.96. The molecule has 0 aliphatic rings. The first kappa shape index (κ1) is 16.7. The second-order valence-corrected chi connectivity index (χ2v) is 5.33. The van der Waals surface area contributed by atoms with Gasteiger partial charge in [0.1, 0.15) is 0 Å². The van der Waals surface area contributed by atoms with Crippen LogP contribution in [-0.4, -0.2) is 12.5 Å². The molecule has 0 bridgehead atoms. The van der Waals surface area contributed by atoms with Crippen molar-refractivity contribution in [2.45, 2.75) is 47.5 Å². The third-order valence-corrected chi connectivity index (χ3v) is 2.40. The highest BCUT2D eigenvalue weighted by atomic mass is 16.1. The largest absolute Gasteiger partial charge is 0.352 e. The molecule has 0 unspecified atom stereocenters. The maximum Gasteiger partial charge on any atom is 0.243 e. The minimum Gasteiger partial charge on any atom is -0.352 e. The monoisotopic (exact) mass is 249 g/mol. The number of allylic oxidation sites excluding steroid dienone is 5. The van der Waals surface area contributed by atoms with E-state index in [1.807, 2.05) is 12.2 Å². The molecule has 0 heterocycles. The van der Waals surface area contributed by atoms with Gasteiger partial charge in [-0.1, -0.05) is 43.2 Å². The van der Waals surface area contributed by atoms with Crippen molar-refractivity contribution in [3.8, 4) is 0 Å². The molecule has 0 rings (SSSR count). The molecule has 0 radical (unpaired) electrons. The predicted molar refractivity (Wildman–Crippen MR) is 79.4 cm³/mol. The molecule has 2 heteroatoms. The Kier molecular flexibility index (Phi) is 8.99. The SMILES string of the molecule is CC(C)=CCC/C(C)=C/C=C/C(=O)NCC(C)C. The average Bonchev–Trinajstić information content (AvgIpc) is 2.25. The van der Waals surface area contributed by atoms with Crippen LogP contribution in [0, 0.1) is 5.92 Å². The zero-order valence-corrected chi connectivity index (χ0v) is 12.4. The second kappa shape index (κ2) is 9.69. The topological polar surface area (TPSA) is 29.1 Å². The summed E-state index contributed by atoms with van der Waals surface area (Å²) in [5, 5.41) is 2.85. The first-order valence-electron chi connectivity index (χ1n) is 6.67. The molecule has 102 valence electrons. The Morgan fingerprint density at radius 3 is 2.44 bits per heavy atom. The van der Waals surface area contributed by atoms with E-state index in [2.05, 4.69) is 46.0 Å². The van der Waals surface area contributed by atoms with E-state index in [9.17, 15) is 4.79 Å². The van der Waals surface area contributed by atoms with E-state index >= 15 is 0 Å². The van der Waals surface area contributed by atoms with E-state index < -0.39 is 0 Å². The summed E-state index contributed by atoms with van der Waals surface area (Å²) in [7, 11) is 0. The van der Waals surface area contributed by atoms with Crippen molar-refractivity contribution in [2.24, 2.45) is 5.92 Å². The molecule has 0 fully saturated rings. The molecular formula is C16H27NO. The van der Waals surface area contributed by atoms with Gasteiger partial charge in [-0.25, -0.2) is 0 Å². The summed E-state index contributed by atoms with van der Waals surface area (Å²) in [6, 6.07) is 0. The fraction of sp³-hybridized carbons (Fsp3) is 0.562. The van der Waals surface area contributed by atoms with Crippen LogP contribution in [0.2, 0.25) is 0 Å². The Bertz CT molecular complexity index is 331. The van der Waals surface area contributed by atoms with Gasteiger partial charge in [-0.15, -0.1) is 0 Å². The fourth-order valence-electron chi connectivity index (χ4n) is 1.34. The van der Waals surface area contributed by atoms with E-state index in [1.165, 1.54) is 11.1 Å². The normalized spacial score (nSPS) is 12.0. The maximum absolute atomic E-state index is 11.4. The number of nitrogens with one attached hydrogen (secondary N) is 1. The highest BCUT2D eigenvalue weighted by Crippen LogP contribution is 2.06. The summed E-state index contributed by atoms with van der Waals surface area (Å²) in [4.78, 5) is 11.4. The summed E-state index contributed by atoms with van der Waals surface area (Å²) in [6.45, 7) is 11.2. The molecule has 1 N–H and O–H groups in total. The Labute approximate surface area is 112 Å². The van der Waals surface area contributed by atoms with Gasteiger partial charge in [0.15, 0.2) is 0 Å². The van der Waals surface area contributed by atoms with Crippen molar-refractivity contribution in [1.29, 1.82) is 0 Å². The minimum atomic E-state index is -0.0166. The maximum atomic E-state index is 11.4. The molecule has 0 spiro atoms. The fourth-order valence-corrected chi connectivity index (χ4v) is 1.34. The zero-order valence-electron chi connectivity index (χ0n) is 12.4. The van der Waals surface area contributed by atoms with Crippen LogP contribution in [0.25, 0.3) is 0 Å². The molecule has 0 aromatic carbocycles. The number of hydrogen-bond donors (Lipinski definition) is 1. The van der Waals surface area contributed by atoms with Gasteiger partial charge in [-0.05, 0) is 39.5 Å². The van der Waals surface area contributed by atoms with E-state index in [-0.39, 0.29) is 5.91 Å². The lowest BCUT2D eigenvalue weighted by Gasteiger charge is -2.03. The van der Waals surface area contributed by atoms with Gasteiger partial charge < -0.3 is 5.32 Å². The summed E-state index contributed by atoms with van der Waals surface area (Å²) < 4.78 is 0. The van der Waals surface area contributed by atoms with Crippen molar-refractivity contribution in [3.63, 3.8) is 0 Å². The van der Waals surface area contributed by atoms with Crippen LogP contribution >= 0.6 is 0 Å². The number of carbonyl (C=O) groups excluding carboxylic acids is 1. The summed E-state index contributed by atoms with van der Waals surface area (Å²) in [5.41, 5.74) is 2.65. The van der Waals surface area contributed by atoms with Gasteiger partial charge in [-0.2, -0.15) is 0 Å². The van der Waals surface area contributed by atoms with Gasteiger partial charge in [0, 0.05) is 12.6 Å². The number of amides is 1. The van der Waals surface area contributed by atoms with Gasteiger partial charge in [-0.3, -0.25) is 4.79 Å². The quantitative estimate of drug-likeness (QED) is 0.412. The van der Waals surface area contributed by atoms with Crippen LogP contribution in [0.1, 0.15) is 47.5 Å². The molecule has 0 saturated heterocycles. The smallest absolute Gasteiger partial charge is 0.243 e. The molecule has 0 saturated carbocycles. The standard InChI is InChI=1S/C16H27NO/c1-13(2)8-6-9-15(5)10-7-11-16(18)17-12-14(3)4/h7-8,10-11,14H,6,9,12H2,1-5H3,(H,17,18)/b11-7+,15-10+. The highest BCUT2D eigenvalue weighted by molar-refractivity contribution is 5.87. The number of carbonyl (C=O) groups is 1.